The van der Waals surface area contributed by atoms with Gasteiger partial charge in [-0.25, -0.2) is 8.42 Å². The lowest BCUT2D eigenvalue weighted by molar-refractivity contribution is -0.116. The summed E-state index contributed by atoms with van der Waals surface area (Å²) in [4.78, 5) is 11.8. The van der Waals surface area contributed by atoms with E-state index in [9.17, 15) is 13.2 Å². The number of amides is 1. The van der Waals surface area contributed by atoms with Gasteiger partial charge in [0.1, 0.15) is 0 Å². The number of rotatable bonds is 2. The molecule has 1 aromatic carbocycles. The predicted molar refractivity (Wildman–Crippen MR) is 73.1 cm³/mol. The standard InChI is InChI=1S/C13H16N2O4S/c1-9-11-8-10(2-3-12(11)14-13(9)16)20(17,18)15-4-6-19-7-5-15/h2-3,8-9H,4-7H2,1H3,(H,14,16)/t9-/m0/s1. The van der Waals surface area contributed by atoms with Crippen molar-refractivity contribution >= 4 is 21.6 Å². The first kappa shape index (κ1) is 13.5. The fourth-order valence-electron chi connectivity index (χ4n) is 2.49. The van der Waals surface area contributed by atoms with Crippen molar-refractivity contribution in [3.8, 4) is 0 Å². The highest BCUT2D eigenvalue weighted by Crippen LogP contribution is 2.34. The number of carbonyl (C=O) groups excluding carboxylic acids is 1. The SMILES string of the molecule is C[C@@H]1C(=O)Nc2ccc(S(=O)(=O)N3CCOCC3)cc21. The first-order valence-electron chi connectivity index (χ1n) is 6.53. The molecule has 1 fully saturated rings. The van der Waals surface area contributed by atoms with Crippen LogP contribution in [-0.2, 0) is 19.6 Å². The lowest BCUT2D eigenvalue weighted by atomic mass is 10.0. The lowest BCUT2D eigenvalue weighted by Gasteiger charge is -2.26. The van der Waals surface area contributed by atoms with E-state index >= 15 is 0 Å². The van der Waals surface area contributed by atoms with Gasteiger partial charge in [-0.3, -0.25) is 4.79 Å². The molecule has 0 bridgehead atoms. The van der Waals surface area contributed by atoms with Crippen LogP contribution in [0.4, 0.5) is 5.69 Å². The van der Waals surface area contributed by atoms with Crippen LogP contribution in [0.1, 0.15) is 18.4 Å². The maximum absolute atomic E-state index is 12.5. The molecule has 20 heavy (non-hydrogen) atoms. The molecule has 0 saturated carbocycles. The van der Waals surface area contributed by atoms with Gasteiger partial charge < -0.3 is 10.1 Å². The zero-order chi connectivity index (χ0) is 14.3. The van der Waals surface area contributed by atoms with Crippen LogP contribution in [0.15, 0.2) is 23.1 Å². The molecule has 0 unspecified atom stereocenters. The normalized spacial score (nSPS) is 23.4. The topological polar surface area (TPSA) is 75.7 Å². The van der Waals surface area contributed by atoms with Gasteiger partial charge in [0.15, 0.2) is 0 Å². The van der Waals surface area contributed by atoms with Gasteiger partial charge in [0.2, 0.25) is 15.9 Å². The molecule has 7 heteroatoms. The Bertz CT molecular complexity index is 650. The molecule has 2 heterocycles. The van der Waals surface area contributed by atoms with E-state index in [1.54, 1.807) is 25.1 Å². The van der Waals surface area contributed by atoms with Crippen LogP contribution in [0.2, 0.25) is 0 Å². The smallest absolute Gasteiger partial charge is 0.243 e. The van der Waals surface area contributed by atoms with Crippen molar-refractivity contribution in [1.29, 1.82) is 0 Å². The van der Waals surface area contributed by atoms with Crippen molar-refractivity contribution in [2.24, 2.45) is 0 Å². The summed E-state index contributed by atoms with van der Waals surface area (Å²) < 4.78 is 31.7. The fourth-order valence-corrected chi connectivity index (χ4v) is 3.94. The van der Waals surface area contributed by atoms with Gasteiger partial charge in [-0.05, 0) is 30.7 Å². The third kappa shape index (κ3) is 2.11. The number of nitrogens with zero attached hydrogens (tertiary/aromatic N) is 1. The summed E-state index contributed by atoms with van der Waals surface area (Å²) in [5.41, 5.74) is 1.44. The van der Waals surface area contributed by atoms with Crippen molar-refractivity contribution < 1.29 is 17.9 Å². The zero-order valence-corrected chi connectivity index (χ0v) is 11.9. The molecule has 1 aromatic rings. The van der Waals surface area contributed by atoms with Crippen molar-refractivity contribution in [3.63, 3.8) is 0 Å². The number of benzene rings is 1. The van der Waals surface area contributed by atoms with Gasteiger partial charge in [-0.1, -0.05) is 0 Å². The molecule has 1 atom stereocenters. The van der Waals surface area contributed by atoms with E-state index in [0.29, 0.717) is 32.0 Å². The number of sulfonamides is 1. The number of ether oxygens (including phenoxy) is 1. The monoisotopic (exact) mass is 296 g/mol. The van der Waals surface area contributed by atoms with Crippen LogP contribution in [0.5, 0.6) is 0 Å². The Morgan fingerprint density at radius 3 is 2.70 bits per heavy atom. The van der Waals surface area contributed by atoms with Gasteiger partial charge in [0, 0.05) is 18.8 Å². The number of hydrogen-bond donors (Lipinski definition) is 1. The maximum Gasteiger partial charge on any atom is 0.243 e. The largest absolute Gasteiger partial charge is 0.379 e. The number of carbonyl (C=O) groups is 1. The minimum atomic E-state index is -3.51. The molecule has 3 rings (SSSR count). The van der Waals surface area contributed by atoms with E-state index in [1.165, 1.54) is 4.31 Å². The average Bonchev–Trinajstić information content (AvgIpc) is 2.75. The Hall–Kier alpha value is -1.44. The summed E-state index contributed by atoms with van der Waals surface area (Å²) >= 11 is 0. The maximum atomic E-state index is 12.5. The molecule has 1 N–H and O–H groups in total. The van der Waals surface area contributed by atoms with Gasteiger partial charge in [0.05, 0.1) is 24.0 Å². The van der Waals surface area contributed by atoms with Crippen molar-refractivity contribution in [3.05, 3.63) is 23.8 Å². The van der Waals surface area contributed by atoms with Crippen LogP contribution in [0, 0.1) is 0 Å². The molecule has 0 aromatic heterocycles. The van der Waals surface area contributed by atoms with Gasteiger partial charge >= 0.3 is 0 Å². The molecular formula is C13H16N2O4S. The van der Waals surface area contributed by atoms with Gasteiger partial charge in [-0.15, -0.1) is 0 Å². The van der Waals surface area contributed by atoms with Crippen molar-refractivity contribution in [2.45, 2.75) is 17.7 Å². The Labute approximate surface area is 117 Å². The molecule has 6 nitrogen and oxygen atoms in total. The molecule has 1 saturated heterocycles. The van der Waals surface area contributed by atoms with Crippen LogP contribution in [0.25, 0.3) is 0 Å². The zero-order valence-electron chi connectivity index (χ0n) is 11.1. The highest BCUT2D eigenvalue weighted by molar-refractivity contribution is 7.89. The minimum Gasteiger partial charge on any atom is -0.379 e. The van der Waals surface area contributed by atoms with Crippen molar-refractivity contribution in [1.82, 2.24) is 4.31 Å². The van der Waals surface area contributed by atoms with Gasteiger partial charge in [0.25, 0.3) is 0 Å². The molecule has 0 aliphatic carbocycles. The first-order valence-corrected chi connectivity index (χ1v) is 7.97. The molecule has 108 valence electrons. The van der Waals surface area contributed by atoms with Crippen LogP contribution in [-0.4, -0.2) is 44.9 Å². The first-order chi connectivity index (χ1) is 9.50. The summed E-state index contributed by atoms with van der Waals surface area (Å²) in [5.74, 6) is -0.411. The number of morpholine rings is 1. The summed E-state index contributed by atoms with van der Waals surface area (Å²) in [7, 11) is -3.51. The molecular weight excluding hydrogens is 280 g/mol. The summed E-state index contributed by atoms with van der Waals surface area (Å²) in [6.45, 7) is 3.34. The highest BCUT2D eigenvalue weighted by Gasteiger charge is 2.31. The Morgan fingerprint density at radius 2 is 2.00 bits per heavy atom. The molecule has 2 aliphatic rings. The van der Waals surface area contributed by atoms with Crippen LogP contribution >= 0.6 is 0 Å². The Kier molecular flexibility index (Phi) is 3.27. The lowest BCUT2D eigenvalue weighted by Crippen LogP contribution is -2.40. The molecule has 0 spiro atoms. The van der Waals surface area contributed by atoms with E-state index in [-0.39, 0.29) is 16.7 Å². The van der Waals surface area contributed by atoms with Crippen molar-refractivity contribution in [2.75, 3.05) is 31.6 Å². The van der Waals surface area contributed by atoms with Gasteiger partial charge in [-0.2, -0.15) is 4.31 Å². The van der Waals surface area contributed by atoms with Crippen LogP contribution in [0.3, 0.4) is 0 Å². The molecule has 0 radical (unpaired) electrons. The minimum absolute atomic E-state index is 0.0964. The number of anilines is 1. The number of hydrogen-bond acceptors (Lipinski definition) is 4. The average molecular weight is 296 g/mol. The Balaban J connectivity index is 1.97. The molecule has 1 amide bonds. The number of nitrogens with one attached hydrogen (secondary N) is 1. The highest BCUT2D eigenvalue weighted by atomic mass is 32.2. The summed E-state index contributed by atoms with van der Waals surface area (Å²) in [6.07, 6.45) is 0. The molecule has 2 aliphatic heterocycles. The number of fused-ring (bicyclic) bond motifs is 1. The second kappa shape index (κ2) is 4.83. The van der Waals surface area contributed by atoms with E-state index < -0.39 is 10.0 Å². The predicted octanol–water partition coefficient (Wildman–Crippen LogP) is 0.763. The quantitative estimate of drug-likeness (QED) is 0.874. The van der Waals surface area contributed by atoms with E-state index in [4.69, 9.17) is 4.74 Å². The third-order valence-electron chi connectivity index (χ3n) is 3.75. The fraction of sp³-hybridized carbons (Fsp3) is 0.462. The van der Waals surface area contributed by atoms with Crippen LogP contribution < -0.4 is 5.32 Å². The summed E-state index contributed by atoms with van der Waals surface area (Å²) in [5, 5.41) is 2.74. The summed E-state index contributed by atoms with van der Waals surface area (Å²) in [6, 6.07) is 4.80. The van der Waals surface area contributed by atoms with E-state index in [1.807, 2.05) is 0 Å². The Morgan fingerprint density at radius 1 is 1.30 bits per heavy atom. The second-order valence-corrected chi connectivity index (χ2v) is 6.91. The van der Waals surface area contributed by atoms with E-state index in [2.05, 4.69) is 5.32 Å². The van der Waals surface area contributed by atoms with E-state index in [0.717, 1.165) is 5.56 Å². The third-order valence-corrected chi connectivity index (χ3v) is 5.64. The second-order valence-electron chi connectivity index (χ2n) is 4.98.